The van der Waals surface area contributed by atoms with Gasteiger partial charge in [-0.2, -0.15) is 0 Å². The molecule has 1 saturated carbocycles. The highest BCUT2D eigenvalue weighted by atomic mass is 35.5. The van der Waals surface area contributed by atoms with E-state index in [0.717, 1.165) is 32.6 Å². The van der Waals surface area contributed by atoms with E-state index in [1.54, 1.807) is 6.07 Å². The van der Waals surface area contributed by atoms with Crippen molar-refractivity contribution in [1.82, 2.24) is 5.32 Å². The Hall–Kier alpha value is -1.63. The van der Waals surface area contributed by atoms with Gasteiger partial charge in [-0.25, -0.2) is 0 Å². The molecule has 4 N–H and O–H groups in total. The van der Waals surface area contributed by atoms with Gasteiger partial charge in [-0.05, 0) is 30.4 Å². The third-order valence-electron chi connectivity index (χ3n) is 6.69. The summed E-state index contributed by atoms with van der Waals surface area (Å²) in [7, 11) is 0. The highest BCUT2D eigenvalue weighted by molar-refractivity contribution is 6.33. The molecule has 1 aromatic carbocycles. The quantitative estimate of drug-likeness (QED) is 0.521. The smallest absolute Gasteiger partial charge is 0.279 e. The number of carbonyl (C=O) groups excluding carboxylic acids is 2. The molecule has 1 saturated heterocycles. The lowest BCUT2D eigenvalue weighted by molar-refractivity contribution is -1.00. The van der Waals surface area contributed by atoms with Crippen molar-refractivity contribution in [3.05, 3.63) is 29.3 Å². The first-order chi connectivity index (χ1) is 13.9. The molecule has 0 spiro atoms. The summed E-state index contributed by atoms with van der Waals surface area (Å²) in [5, 5.41) is 6.72. The number of rotatable bonds is 6. The van der Waals surface area contributed by atoms with Crippen LogP contribution in [0.5, 0.6) is 0 Å². The molecule has 0 bridgehead atoms. The van der Waals surface area contributed by atoms with Crippen LogP contribution in [0.15, 0.2) is 24.3 Å². The Kier molecular flexibility index (Phi) is 7.92. The van der Waals surface area contributed by atoms with Crippen molar-refractivity contribution in [3.8, 4) is 0 Å². The van der Waals surface area contributed by atoms with Crippen LogP contribution in [0.1, 0.15) is 33.1 Å². The van der Waals surface area contributed by atoms with Crippen molar-refractivity contribution in [3.63, 3.8) is 0 Å². The van der Waals surface area contributed by atoms with Gasteiger partial charge >= 0.3 is 0 Å². The molecule has 1 aromatic rings. The maximum absolute atomic E-state index is 12.5. The summed E-state index contributed by atoms with van der Waals surface area (Å²) in [6.07, 6.45) is 3.58. The van der Waals surface area contributed by atoms with E-state index >= 15 is 0 Å². The fourth-order valence-electron chi connectivity index (χ4n) is 4.57. The topological polar surface area (TPSA) is 67.1 Å². The zero-order valence-electron chi connectivity index (χ0n) is 17.6. The number of quaternary nitrogens is 2. The summed E-state index contributed by atoms with van der Waals surface area (Å²) in [6.45, 7) is 9.15. The van der Waals surface area contributed by atoms with Crippen molar-refractivity contribution < 1.29 is 19.4 Å². The minimum Gasteiger partial charge on any atom is -0.348 e. The van der Waals surface area contributed by atoms with E-state index in [9.17, 15) is 9.59 Å². The van der Waals surface area contributed by atoms with Gasteiger partial charge in [0.15, 0.2) is 13.1 Å². The van der Waals surface area contributed by atoms with E-state index in [2.05, 4.69) is 24.5 Å². The molecule has 2 amide bonds. The predicted octanol–water partition coefficient (Wildman–Crippen LogP) is 0.00280. The Bertz CT molecular complexity index is 706. The molecule has 0 aromatic heterocycles. The van der Waals surface area contributed by atoms with Crippen LogP contribution in [0.25, 0.3) is 0 Å². The van der Waals surface area contributed by atoms with E-state index in [-0.39, 0.29) is 11.8 Å². The summed E-state index contributed by atoms with van der Waals surface area (Å²) in [5.74, 6) is 1.40. The molecular weight excluding hydrogens is 388 g/mol. The van der Waals surface area contributed by atoms with Crippen molar-refractivity contribution >= 4 is 29.1 Å². The van der Waals surface area contributed by atoms with Crippen LogP contribution in [0.3, 0.4) is 0 Å². The number of hydrogen-bond acceptors (Lipinski definition) is 2. The molecule has 3 atom stereocenters. The van der Waals surface area contributed by atoms with Crippen molar-refractivity contribution in [2.24, 2.45) is 11.8 Å². The van der Waals surface area contributed by atoms with Crippen LogP contribution in [0.2, 0.25) is 5.02 Å². The zero-order valence-corrected chi connectivity index (χ0v) is 18.4. The van der Waals surface area contributed by atoms with E-state index in [4.69, 9.17) is 11.6 Å². The first-order valence-corrected chi connectivity index (χ1v) is 11.3. The molecule has 0 unspecified atom stereocenters. The Labute approximate surface area is 179 Å². The normalized spacial score (nSPS) is 29.8. The van der Waals surface area contributed by atoms with Crippen molar-refractivity contribution in [2.75, 3.05) is 44.6 Å². The van der Waals surface area contributed by atoms with Crippen LogP contribution in [0.4, 0.5) is 5.69 Å². The summed E-state index contributed by atoms with van der Waals surface area (Å²) >= 11 is 6.10. The number of nitrogens with one attached hydrogen (secondary N) is 4. The number of hydrogen-bond donors (Lipinski definition) is 4. The van der Waals surface area contributed by atoms with Gasteiger partial charge in [0.1, 0.15) is 26.2 Å². The standard InChI is InChI=1S/C22H33ClN4O2/c1-16-6-5-9-19(17(16)2)24-21(28)14-26-10-12-27(13-11-26)15-22(29)25-20-8-4-3-7-18(20)23/h3-4,7-8,16-17,19H,5-6,9-15H2,1-2H3,(H,24,28)(H,25,29)/p+2/t16-,17+,19+/m0/s1. The van der Waals surface area contributed by atoms with Gasteiger partial charge in [0, 0.05) is 6.04 Å². The minimum absolute atomic E-state index is 0.0188. The van der Waals surface area contributed by atoms with Crippen LogP contribution in [-0.2, 0) is 9.59 Å². The number of anilines is 1. The molecule has 3 rings (SSSR count). The molecular formula is C22H35ClN4O2+2. The third kappa shape index (κ3) is 6.43. The molecule has 1 aliphatic heterocycles. The molecule has 160 valence electrons. The second-order valence-electron chi connectivity index (χ2n) is 8.82. The molecule has 1 aliphatic carbocycles. The average molecular weight is 423 g/mol. The van der Waals surface area contributed by atoms with Gasteiger partial charge in [0.2, 0.25) is 0 Å². The van der Waals surface area contributed by atoms with Gasteiger partial charge in [0.05, 0.1) is 10.7 Å². The fraction of sp³-hybridized carbons (Fsp3) is 0.636. The lowest BCUT2D eigenvalue weighted by Crippen LogP contribution is -3.28. The molecule has 1 heterocycles. The second-order valence-corrected chi connectivity index (χ2v) is 9.23. The fourth-order valence-corrected chi connectivity index (χ4v) is 4.75. The Balaban J connectivity index is 1.37. The number of benzene rings is 1. The van der Waals surface area contributed by atoms with E-state index in [1.807, 2.05) is 18.2 Å². The predicted molar refractivity (Wildman–Crippen MR) is 115 cm³/mol. The van der Waals surface area contributed by atoms with Crippen LogP contribution >= 0.6 is 11.6 Å². The summed E-state index contributed by atoms with van der Waals surface area (Å²) < 4.78 is 0. The molecule has 7 heteroatoms. The summed E-state index contributed by atoms with van der Waals surface area (Å²) in [5.41, 5.74) is 0.658. The van der Waals surface area contributed by atoms with Gasteiger partial charge in [0.25, 0.3) is 11.8 Å². The molecule has 0 radical (unpaired) electrons. The van der Waals surface area contributed by atoms with Crippen LogP contribution < -0.4 is 20.4 Å². The van der Waals surface area contributed by atoms with E-state index in [0.29, 0.717) is 41.7 Å². The number of para-hydroxylation sites is 1. The van der Waals surface area contributed by atoms with Gasteiger partial charge in [-0.15, -0.1) is 0 Å². The van der Waals surface area contributed by atoms with E-state index < -0.39 is 0 Å². The lowest BCUT2D eigenvalue weighted by Gasteiger charge is -2.35. The number of amides is 2. The Morgan fingerprint density at radius 1 is 1.00 bits per heavy atom. The van der Waals surface area contributed by atoms with Gasteiger partial charge in [-0.1, -0.05) is 50.4 Å². The highest BCUT2D eigenvalue weighted by Crippen LogP contribution is 2.29. The van der Waals surface area contributed by atoms with Crippen LogP contribution in [-0.4, -0.2) is 57.1 Å². The van der Waals surface area contributed by atoms with Crippen molar-refractivity contribution in [2.45, 2.75) is 39.2 Å². The maximum Gasteiger partial charge on any atom is 0.279 e. The monoisotopic (exact) mass is 422 g/mol. The third-order valence-corrected chi connectivity index (χ3v) is 7.02. The first-order valence-electron chi connectivity index (χ1n) is 10.9. The number of carbonyl (C=O) groups is 2. The lowest BCUT2D eigenvalue weighted by atomic mass is 9.78. The van der Waals surface area contributed by atoms with Gasteiger partial charge in [-0.3, -0.25) is 9.59 Å². The largest absolute Gasteiger partial charge is 0.348 e. The van der Waals surface area contributed by atoms with E-state index in [1.165, 1.54) is 22.6 Å². The minimum atomic E-state index is -0.0188. The summed E-state index contributed by atoms with van der Waals surface area (Å²) in [6, 6.07) is 7.61. The number of halogens is 1. The number of piperazine rings is 1. The Morgan fingerprint density at radius 2 is 1.62 bits per heavy atom. The van der Waals surface area contributed by atoms with Crippen molar-refractivity contribution in [1.29, 1.82) is 0 Å². The SMILES string of the molecule is C[C@@H]1[C@@H](C)CCC[C@H]1NC(=O)C[NH+]1CC[NH+](CC(=O)Nc2ccccc2Cl)CC1. The maximum atomic E-state index is 12.5. The molecule has 2 fully saturated rings. The molecule has 6 nitrogen and oxygen atoms in total. The average Bonchev–Trinajstić information content (AvgIpc) is 2.69. The molecule has 2 aliphatic rings. The summed E-state index contributed by atoms with van der Waals surface area (Å²) in [4.78, 5) is 27.4. The molecule has 29 heavy (non-hydrogen) atoms. The highest BCUT2D eigenvalue weighted by Gasteiger charge is 2.30. The van der Waals surface area contributed by atoms with Crippen LogP contribution in [0, 0.1) is 11.8 Å². The van der Waals surface area contributed by atoms with Gasteiger partial charge < -0.3 is 20.4 Å². The first kappa shape index (κ1) is 22.1. The second kappa shape index (κ2) is 10.4. The zero-order chi connectivity index (χ0) is 20.8. The Morgan fingerprint density at radius 3 is 2.28 bits per heavy atom.